The zero-order chi connectivity index (χ0) is 13.9. The Hall–Kier alpha value is -0.390. The summed E-state index contributed by atoms with van der Waals surface area (Å²) in [5.41, 5.74) is 1.39. The van der Waals surface area contributed by atoms with E-state index in [1.165, 1.54) is 11.8 Å². The number of sulfone groups is 1. The zero-order valence-electron chi connectivity index (χ0n) is 11.2. The largest absolute Gasteiger partial charge is 0.302 e. The minimum Gasteiger partial charge on any atom is -0.302 e. The van der Waals surface area contributed by atoms with Crippen molar-refractivity contribution in [3.63, 3.8) is 0 Å². The molecule has 0 amide bonds. The van der Waals surface area contributed by atoms with E-state index in [9.17, 15) is 8.42 Å². The van der Waals surface area contributed by atoms with E-state index in [4.69, 9.17) is 0 Å². The van der Waals surface area contributed by atoms with Crippen molar-refractivity contribution in [1.29, 1.82) is 0 Å². The number of hydrogen-bond acceptors (Lipinski definition) is 3. The molecular weight excluding hydrogens is 326 g/mol. The van der Waals surface area contributed by atoms with Crippen LogP contribution in [0, 0.1) is 0 Å². The molecule has 0 aliphatic carbocycles. The monoisotopic (exact) mass is 345 g/mol. The molecule has 1 fully saturated rings. The van der Waals surface area contributed by atoms with E-state index in [2.05, 4.69) is 45.1 Å². The van der Waals surface area contributed by atoms with Gasteiger partial charge in [0.15, 0.2) is 0 Å². The van der Waals surface area contributed by atoms with E-state index in [1.807, 2.05) is 0 Å². The lowest BCUT2D eigenvalue weighted by Crippen LogP contribution is -2.36. The molecule has 0 N–H and O–H groups in total. The first kappa shape index (κ1) is 15.0. The highest BCUT2D eigenvalue weighted by Crippen LogP contribution is 2.28. The number of piperidine rings is 1. The van der Waals surface area contributed by atoms with Gasteiger partial charge in [-0.2, -0.15) is 0 Å². The van der Waals surface area contributed by atoms with Crippen LogP contribution < -0.4 is 0 Å². The van der Waals surface area contributed by atoms with Crippen LogP contribution in [-0.4, -0.2) is 45.0 Å². The summed E-state index contributed by atoms with van der Waals surface area (Å²) in [6.07, 6.45) is 3.54. The van der Waals surface area contributed by atoms with Crippen molar-refractivity contribution >= 4 is 25.8 Å². The smallest absolute Gasteiger partial charge is 0.148 e. The molecule has 19 heavy (non-hydrogen) atoms. The van der Waals surface area contributed by atoms with Gasteiger partial charge in [0.25, 0.3) is 0 Å². The molecule has 106 valence electrons. The SMILES string of the molecule is CS(=O)(=O)CCN1CCC(c2ccc(Br)cc2)CC1. The van der Waals surface area contributed by atoms with Gasteiger partial charge in [-0.05, 0) is 49.5 Å². The van der Waals surface area contributed by atoms with E-state index in [0.717, 1.165) is 30.4 Å². The van der Waals surface area contributed by atoms with E-state index >= 15 is 0 Å². The molecule has 3 nitrogen and oxygen atoms in total. The van der Waals surface area contributed by atoms with Crippen LogP contribution in [0.15, 0.2) is 28.7 Å². The topological polar surface area (TPSA) is 37.4 Å². The lowest BCUT2D eigenvalue weighted by atomic mass is 9.89. The van der Waals surface area contributed by atoms with E-state index in [-0.39, 0.29) is 5.75 Å². The molecule has 0 spiro atoms. The van der Waals surface area contributed by atoms with Crippen LogP contribution in [-0.2, 0) is 9.84 Å². The first-order valence-electron chi connectivity index (χ1n) is 6.59. The Bertz CT molecular complexity index is 505. The summed E-state index contributed by atoms with van der Waals surface area (Å²) in [6, 6.07) is 8.54. The highest BCUT2D eigenvalue weighted by atomic mass is 79.9. The fourth-order valence-electron chi connectivity index (χ4n) is 2.52. The van der Waals surface area contributed by atoms with Crippen LogP contribution in [0.2, 0.25) is 0 Å². The van der Waals surface area contributed by atoms with Gasteiger partial charge in [0, 0.05) is 17.3 Å². The molecule has 1 saturated heterocycles. The molecular formula is C14H20BrNO2S. The van der Waals surface area contributed by atoms with Gasteiger partial charge >= 0.3 is 0 Å². The lowest BCUT2D eigenvalue weighted by molar-refractivity contribution is 0.223. The van der Waals surface area contributed by atoms with Crippen molar-refractivity contribution in [2.45, 2.75) is 18.8 Å². The normalized spacial score (nSPS) is 18.6. The van der Waals surface area contributed by atoms with E-state index in [1.54, 1.807) is 0 Å². The van der Waals surface area contributed by atoms with Gasteiger partial charge in [-0.15, -0.1) is 0 Å². The molecule has 5 heteroatoms. The maximum absolute atomic E-state index is 11.2. The van der Waals surface area contributed by atoms with Crippen molar-refractivity contribution in [1.82, 2.24) is 4.90 Å². The predicted octanol–water partition coefficient (Wildman–Crippen LogP) is 2.67. The first-order chi connectivity index (χ1) is 8.94. The van der Waals surface area contributed by atoms with Crippen LogP contribution >= 0.6 is 15.9 Å². The third-order valence-electron chi connectivity index (χ3n) is 3.71. The quantitative estimate of drug-likeness (QED) is 0.841. The molecule has 1 aliphatic heterocycles. The summed E-state index contributed by atoms with van der Waals surface area (Å²) >= 11 is 3.45. The Morgan fingerprint density at radius 2 is 1.79 bits per heavy atom. The van der Waals surface area contributed by atoms with Gasteiger partial charge in [-0.3, -0.25) is 0 Å². The highest BCUT2D eigenvalue weighted by Gasteiger charge is 2.21. The predicted molar refractivity (Wildman–Crippen MR) is 82.3 cm³/mol. The maximum atomic E-state index is 11.2. The first-order valence-corrected chi connectivity index (χ1v) is 9.45. The van der Waals surface area contributed by atoms with Gasteiger partial charge in [0.05, 0.1) is 5.75 Å². The number of likely N-dealkylation sites (tertiary alicyclic amines) is 1. The Labute approximate surface area is 124 Å². The van der Waals surface area contributed by atoms with Crippen molar-refractivity contribution in [2.75, 3.05) is 31.6 Å². The van der Waals surface area contributed by atoms with Gasteiger partial charge in [-0.25, -0.2) is 8.42 Å². The van der Waals surface area contributed by atoms with Gasteiger partial charge in [0.1, 0.15) is 9.84 Å². The van der Waals surface area contributed by atoms with Crippen LogP contribution in [0.3, 0.4) is 0 Å². The number of benzene rings is 1. The van der Waals surface area contributed by atoms with Crippen molar-refractivity contribution in [3.05, 3.63) is 34.3 Å². The molecule has 0 unspecified atom stereocenters. The molecule has 1 aromatic carbocycles. The third kappa shape index (κ3) is 4.89. The molecule has 1 aliphatic rings. The maximum Gasteiger partial charge on any atom is 0.148 e. The van der Waals surface area contributed by atoms with Crippen molar-refractivity contribution < 1.29 is 8.42 Å². The second-order valence-corrected chi connectivity index (χ2v) is 8.47. The fraction of sp³-hybridized carbons (Fsp3) is 0.571. The Balaban J connectivity index is 1.84. The highest BCUT2D eigenvalue weighted by molar-refractivity contribution is 9.10. The Morgan fingerprint density at radius 3 is 2.32 bits per heavy atom. The molecule has 0 aromatic heterocycles. The van der Waals surface area contributed by atoms with E-state index in [0.29, 0.717) is 12.5 Å². The van der Waals surface area contributed by atoms with Crippen molar-refractivity contribution in [3.8, 4) is 0 Å². The molecule has 2 rings (SSSR count). The average molecular weight is 346 g/mol. The third-order valence-corrected chi connectivity index (χ3v) is 5.16. The van der Waals surface area contributed by atoms with Gasteiger partial charge < -0.3 is 4.90 Å². The summed E-state index contributed by atoms with van der Waals surface area (Å²) in [6.45, 7) is 2.67. The second kappa shape index (κ2) is 6.37. The van der Waals surface area contributed by atoms with Crippen LogP contribution in [0.5, 0.6) is 0 Å². The van der Waals surface area contributed by atoms with E-state index < -0.39 is 9.84 Å². The standard InChI is InChI=1S/C14H20BrNO2S/c1-19(17,18)11-10-16-8-6-13(7-9-16)12-2-4-14(15)5-3-12/h2-5,13H,6-11H2,1H3. The van der Waals surface area contributed by atoms with Crippen LogP contribution in [0.4, 0.5) is 0 Å². The van der Waals surface area contributed by atoms with Gasteiger partial charge in [-0.1, -0.05) is 28.1 Å². The molecule has 0 bridgehead atoms. The number of nitrogens with zero attached hydrogens (tertiary/aromatic N) is 1. The minimum atomic E-state index is -2.84. The summed E-state index contributed by atoms with van der Waals surface area (Å²) in [5.74, 6) is 0.887. The van der Waals surface area contributed by atoms with Crippen LogP contribution in [0.1, 0.15) is 24.3 Å². The summed E-state index contributed by atoms with van der Waals surface area (Å²) in [4.78, 5) is 2.26. The van der Waals surface area contributed by atoms with Crippen molar-refractivity contribution in [2.24, 2.45) is 0 Å². The lowest BCUT2D eigenvalue weighted by Gasteiger charge is -2.32. The fourth-order valence-corrected chi connectivity index (χ4v) is 3.37. The minimum absolute atomic E-state index is 0.274. The van der Waals surface area contributed by atoms with Gasteiger partial charge in [0.2, 0.25) is 0 Å². The average Bonchev–Trinajstić information content (AvgIpc) is 2.37. The zero-order valence-corrected chi connectivity index (χ0v) is 13.6. The second-order valence-electron chi connectivity index (χ2n) is 5.30. The number of hydrogen-bond donors (Lipinski definition) is 0. The molecule has 0 radical (unpaired) electrons. The number of rotatable bonds is 4. The summed E-state index contributed by atoms with van der Waals surface area (Å²) in [7, 11) is -2.84. The van der Waals surface area contributed by atoms with Crippen LogP contribution in [0.25, 0.3) is 0 Å². The summed E-state index contributed by atoms with van der Waals surface area (Å²) < 4.78 is 23.4. The summed E-state index contributed by atoms with van der Waals surface area (Å²) in [5, 5.41) is 0. The molecule has 0 saturated carbocycles. The molecule has 1 heterocycles. The molecule has 1 aromatic rings. The Morgan fingerprint density at radius 1 is 1.21 bits per heavy atom. The number of halogens is 1. The Kier molecular flexibility index (Phi) is 5.03. The molecule has 0 atom stereocenters.